The number of carbonyl (C=O) groups is 1. The third kappa shape index (κ3) is 4.07. The van der Waals surface area contributed by atoms with Crippen molar-refractivity contribution in [1.82, 2.24) is 9.80 Å². The van der Waals surface area contributed by atoms with Crippen molar-refractivity contribution >= 4 is 5.91 Å². The third-order valence-electron chi connectivity index (χ3n) is 5.40. The molecule has 1 aromatic carbocycles. The van der Waals surface area contributed by atoms with Gasteiger partial charge in [-0.3, -0.25) is 9.69 Å². The van der Waals surface area contributed by atoms with E-state index < -0.39 is 5.54 Å². The topological polar surface area (TPSA) is 68.0 Å². The van der Waals surface area contributed by atoms with Crippen LogP contribution in [0.4, 0.5) is 0 Å². The average molecular weight is 347 g/mol. The van der Waals surface area contributed by atoms with Gasteiger partial charge in [0.25, 0.3) is 0 Å². The van der Waals surface area contributed by atoms with Crippen LogP contribution in [0.15, 0.2) is 18.2 Å². The summed E-state index contributed by atoms with van der Waals surface area (Å²) in [6.45, 7) is 4.05. The highest BCUT2D eigenvalue weighted by molar-refractivity contribution is 5.86. The standard InChI is InChI=1S/C19H29N3O3/c1-24-16-11-15(12-17(13-16)25-2)14-21-7-9-22(10-8-21)18(23)19(20)5-3-4-6-19/h11-13H,3-10,14,20H2,1-2H3. The minimum Gasteiger partial charge on any atom is -0.497 e. The van der Waals surface area contributed by atoms with Gasteiger partial charge in [-0.25, -0.2) is 0 Å². The molecule has 138 valence electrons. The van der Waals surface area contributed by atoms with Gasteiger partial charge >= 0.3 is 0 Å². The minimum absolute atomic E-state index is 0.146. The number of piperazine rings is 1. The summed E-state index contributed by atoms with van der Waals surface area (Å²) in [5.74, 6) is 1.75. The zero-order valence-corrected chi connectivity index (χ0v) is 15.3. The van der Waals surface area contributed by atoms with Gasteiger partial charge in [0.05, 0.1) is 19.8 Å². The van der Waals surface area contributed by atoms with E-state index in [1.165, 1.54) is 0 Å². The van der Waals surface area contributed by atoms with Crippen LogP contribution in [-0.2, 0) is 11.3 Å². The van der Waals surface area contributed by atoms with Crippen LogP contribution in [0.2, 0.25) is 0 Å². The lowest BCUT2D eigenvalue weighted by molar-refractivity contribution is -0.138. The molecule has 1 saturated heterocycles. The van der Waals surface area contributed by atoms with E-state index >= 15 is 0 Å². The quantitative estimate of drug-likeness (QED) is 0.877. The van der Waals surface area contributed by atoms with Gasteiger partial charge in [0.1, 0.15) is 11.5 Å². The molecule has 6 nitrogen and oxygen atoms in total. The number of nitrogens with zero attached hydrogens (tertiary/aromatic N) is 2. The second-order valence-corrected chi connectivity index (χ2v) is 7.15. The second-order valence-electron chi connectivity index (χ2n) is 7.15. The van der Waals surface area contributed by atoms with Gasteiger partial charge < -0.3 is 20.1 Å². The summed E-state index contributed by atoms with van der Waals surface area (Å²) in [4.78, 5) is 17.0. The molecule has 2 fully saturated rings. The van der Waals surface area contributed by atoms with Crippen LogP contribution < -0.4 is 15.2 Å². The molecule has 1 amide bonds. The molecule has 0 bridgehead atoms. The van der Waals surface area contributed by atoms with Crippen LogP contribution in [0.25, 0.3) is 0 Å². The molecule has 1 heterocycles. The Morgan fingerprint density at radius 1 is 1.04 bits per heavy atom. The maximum Gasteiger partial charge on any atom is 0.242 e. The summed E-state index contributed by atoms with van der Waals surface area (Å²) in [6.07, 6.45) is 3.80. The Balaban J connectivity index is 1.57. The fourth-order valence-electron chi connectivity index (χ4n) is 3.86. The summed E-state index contributed by atoms with van der Waals surface area (Å²) in [5, 5.41) is 0. The predicted octanol–water partition coefficient (Wildman–Crippen LogP) is 1.62. The first-order valence-electron chi connectivity index (χ1n) is 9.07. The van der Waals surface area contributed by atoms with Crippen LogP contribution in [0, 0.1) is 0 Å². The van der Waals surface area contributed by atoms with E-state index in [9.17, 15) is 4.79 Å². The lowest BCUT2D eigenvalue weighted by Crippen LogP contribution is -2.58. The highest BCUT2D eigenvalue weighted by Crippen LogP contribution is 2.29. The summed E-state index contributed by atoms with van der Waals surface area (Å²) in [7, 11) is 3.32. The molecule has 25 heavy (non-hydrogen) atoms. The van der Waals surface area contributed by atoms with Gasteiger partial charge in [-0.1, -0.05) is 12.8 Å². The van der Waals surface area contributed by atoms with Crippen LogP contribution in [0.1, 0.15) is 31.2 Å². The molecule has 2 aliphatic rings. The molecular formula is C19H29N3O3. The Morgan fingerprint density at radius 3 is 2.12 bits per heavy atom. The SMILES string of the molecule is COc1cc(CN2CCN(C(=O)C3(N)CCCC3)CC2)cc(OC)c1. The Kier molecular flexibility index (Phi) is 5.49. The summed E-state index contributed by atoms with van der Waals surface area (Å²) in [5.41, 5.74) is 6.87. The third-order valence-corrected chi connectivity index (χ3v) is 5.40. The van der Waals surface area contributed by atoms with Gasteiger partial charge in [0.15, 0.2) is 0 Å². The van der Waals surface area contributed by atoms with E-state index in [-0.39, 0.29) is 5.91 Å². The highest BCUT2D eigenvalue weighted by Gasteiger charge is 2.40. The van der Waals surface area contributed by atoms with Gasteiger partial charge in [-0.15, -0.1) is 0 Å². The number of methoxy groups -OCH3 is 2. The van der Waals surface area contributed by atoms with E-state index in [1.807, 2.05) is 23.1 Å². The predicted molar refractivity (Wildman–Crippen MR) is 96.8 cm³/mol. The van der Waals surface area contributed by atoms with Crippen molar-refractivity contribution in [3.63, 3.8) is 0 Å². The molecule has 1 saturated carbocycles. The number of hydrogen-bond acceptors (Lipinski definition) is 5. The molecule has 0 radical (unpaired) electrons. The van der Waals surface area contributed by atoms with Crippen LogP contribution in [0.5, 0.6) is 11.5 Å². The van der Waals surface area contributed by atoms with Crippen molar-refractivity contribution < 1.29 is 14.3 Å². The van der Waals surface area contributed by atoms with E-state index in [0.717, 1.165) is 75.5 Å². The molecule has 1 aliphatic heterocycles. The minimum atomic E-state index is -0.609. The van der Waals surface area contributed by atoms with Gasteiger partial charge in [-0.2, -0.15) is 0 Å². The lowest BCUT2D eigenvalue weighted by Gasteiger charge is -2.38. The van der Waals surface area contributed by atoms with Crippen LogP contribution >= 0.6 is 0 Å². The van der Waals surface area contributed by atoms with Gasteiger partial charge in [0.2, 0.25) is 5.91 Å². The van der Waals surface area contributed by atoms with E-state index in [4.69, 9.17) is 15.2 Å². The first kappa shape index (κ1) is 18.0. The molecule has 0 unspecified atom stereocenters. The Labute approximate surface area is 149 Å². The van der Waals surface area contributed by atoms with Crippen molar-refractivity contribution in [1.29, 1.82) is 0 Å². The molecule has 3 rings (SSSR count). The molecule has 0 aromatic heterocycles. The first-order valence-corrected chi connectivity index (χ1v) is 9.07. The molecule has 0 atom stereocenters. The van der Waals surface area contributed by atoms with Crippen molar-refractivity contribution in [2.45, 2.75) is 37.8 Å². The number of amides is 1. The maximum atomic E-state index is 12.7. The summed E-state index contributed by atoms with van der Waals surface area (Å²) in [6, 6.07) is 5.95. The van der Waals surface area contributed by atoms with Gasteiger partial charge in [-0.05, 0) is 30.5 Å². The summed E-state index contributed by atoms with van der Waals surface area (Å²) >= 11 is 0. The Hall–Kier alpha value is -1.79. The number of nitrogens with two attached hydrogens (primary N) is 1. The Bertz CT molecular complexity index is 584. The molecule has 2 N–H and O–H groups in total. The molecule has 1 aromatic rings. The molecule has 0 spiro atoms. The zero-order chi connectivity index (χ0) is 17.9. The fourth-order valence-corrected chi connectivity index (χ4v) is 3.86. The van der Waals surface area contributed by atoms with E-state index in [2.05, 4.69) is 4.90 Å². The molecule has 1 aliphatic carbocycles. The zero-order valence-electron chi connectivity index (χ0n) is 15.3. The fraction of sp³-hybridized carbons (Fsp3) is 0.632. The van der Waals surface area contributed by atoms with Crippen LogP contribution in [-0.4, -0.2) is 61.6 Å². The van der Waals surface area contributed by atoms with Crippen molar-refractivity contribution in [3.05, 3.63) is 23.8 Å². The van der Waals surface area contributed by atoms with E-state index in [1.54, 1.807) is 14.2 Å². The smallest absolute Gasteiger partial charge is 0.242 e. The molecule has 6 heteroatoms. The lowest BCUT2D eigenvalue weighted by atomic mass is 9.97. The van der Waals surface area contributed by atoms with Crippen molar-refractivity contribution in [2.75, 3.05) is 40.4 Å². The normalized spacial score (nSPS) is 20.5. The van der Waals surface area contributed by atoms with Crippen molar-refractivity contribution in [3.8, 4) is 11.5 Å². The van der Waals surface area contributed by atoms with Crippen molar-refractivity contribution in [2.24, 2.45) is 5.73 Å². The summed E-state index contributed by atoms with van der Waals surface area (Å²) < 4.78 is 10.7. The average Bonchev–Trinajstić information content (AvgIpc) is 3.09. The van der Waals surface area contributed by atoms with Crippen LogP contribution in [0.3, 0.4) is 0 Å². The number of hydrogen-bond donors (Lipinski definition) is 1. The number of carbonyl (C=O) groups excluding carboxylic acids is 1. The number of ether oxygens (including phenoxy) is 2. The highest BCUT2D eigenvalue weighted by atomic mass is 16.5. The molecular weight excluding hydrogens is 318 g/mol. The number of rotatable bonds is 5. The first-order chi connectivity index (χ1) is 12.0. The van der Waals surface area contributed by atoms with E-state index in [0.29, 0.717) is 0 Å². The van der Waals surface area contributed by atoms with Gasteiger partial charge in [0, 0.05) is 38.8 Å². The largest absolute Gasteiger partial charge is 0.497 e. The monoisotopic (exact) mass is 347 g/mol. The number of benzene rings is 1. The Morgan fingerprint density at radius 2 is 1.60 bits per heavy atom. The maximum absolute atomic E-state index is 12.7. The second kappa shape index (κ2) is 7.62.